The molecule has 1 aromatic carbocycles. The molecule has 1 aromatic rings. The number of halogens is 1. The van der Waals surface area contributed by atoms with Gasteiger partial charge in [0.1, 0.15) is 0 Å². The molecule has 3 N–H and O–H groups in total. The summed E-state index contributed by atoms with van der Waals surface area (Å²) in [6.07, 6.45) is 1.97. The third kappa shape index (κ3) is 3.99. The van der Waals surface area contributed by atoms with Gasteiger partial charge in [-0.1, -0.05) is 18.2 Å². The molecular formula is C16H24ClN3O2. The van der Waals surface area contributed by atoms with Gasteiger partial charge in [0.2, 0.25) is 11.8 Å². The number of nitrogens with two attached hydrogens (primary N) is 1. The van der Waals surface area contributed by atoms with E-state index in [0.29, 0.717) is 0 Å². The second-order valence-electron chi connectivity index (χ2n) is 5.52. The molecule has 0 bridgehead atoms. The first-order valence-corrected chi connectivity index (χ1v) is 7.37. The van der Waals surface area contributed by atoms with Crippen molar-refractivity contribution in [2.24, 2.45) is 5.73 Å². The second kappa shape index (κ2) is 8.15. The van der Waals surface area contributed by atoms with Crippen LogP contribution in [-0.4, -0.2) is 36.3 Å². The number of rotatable bonds is 4. The van der Waals surface area contributed by atoms with Crippen LogP contribution in [0.25, 0.3) is 0 Å². The number of benzene rings is 1. The van der Waals surface area contributed by atoms with Gasteiger partial charge in [-0.2, -0.15) is 0 Å². The van der Waals surface area contributed by atoms with Gasteiger partial charge in [0.25, 0.3) is 0 Å². The normalized spacial score (nSPS) is 17.0. The molecule has 1 aliphatic rings. The largest absolute Gasteiger partial charge is 0.346 e. The number of amides is 2. The van der Waals surface area contributed by atoms with Crippen molar-refractivity contribution < 1.29 is 9.59 Å². The number of aryl methyl sites for hydroxylation is 1. The van der Waals surface area contributed by atoms with Crippen molar-refractivity contribution in [2.45, 2.75) is 32.7 Å². The van der Waals surface area contributed by atoms with Crippen LogP contribution in [0, 0.1) is 13.8 Å². The van der Waals surface area contributed by atoms with Gasteiger partial charge in [0, 0.05) is 6.54 Å². The van der Waals surface area contributed by atoms with Gasteiger partial charge in [-0.15, -0.1) is 12.4 Å². The van der Waals surface area contributed by atoms with Crippen molar-refractivity contribution in [1.29, 1.82) is 0 Å². The fourth-order valence-electron chi connectivity index (χ4n) is 2.87. The van der Waals surface area contributed by atoms with E-state index in [0.717, 1.165) is 19.4 Å². The van der Waals surface area contributed by atoms with Crippen LogP contribution in [0.1, 0.15) is 35.6 Å². The first kappa shape index (κ1) is 18.5. The van der Waals surface area contributed by atoms with Crippen molar-refractivity contribution in [1.82, 2.24) is 10.2 Å². The maximum absolute atomic E-state index is 12.3. The van der Waals surface area contributed by atoms with Crippen LogP contribution in [0.15, 0.2) is 18.2 Å². The molecule has 0 aromatic heterocycles. The SMILES string of the molecule is Cc1cccc(C2CCCN2C(=O)CNC(=O)CN)c1C.Cl. The van der Waals surface area contributed by atoms with E-state index in [1.807, 2.05) is 11.0 Å². The van der Waals surface area contributed by atoms with Gasteiger partial charge in [-0.05, 0) is 43.4 Å². The lowest BCUT2D eigenvalue weighted by molar-refractivity contribution is -0.133. The molecule has 122 valence electrons. The number of carbonyl (C=O) groups is 2. The zero-order valence-electron chi connectivity index (χ0n) is 13.1. The van der Waals surface area contributed by atoms with Gasteiger partial charge in [-0.25, -0.2) is 0 Å². The van der Waals surface area contributed by atoms with E-state index in [1.165, 1.54) is 16.7 Å². The minimum absolute atomic E-state index is 0. The van der Waals surface area contributed by atoms with Gasteiger partial charge < -0.3 is 16.0 Å². The number of hydrogen-bond donors (Lipinski definition) is 2. The van der Waals surface area contributed by atoms with Gasteiger partial charge in [0.05, 0.1) is 19.1 Å². The Balaban J connectivity index is 0.00000242. The molecule has 0 spiro atoms. The van der Waals surface area contributed by atoms with Crippen molar-refractivity contribution in [3.8, 4) is 0 Å². The summed E-state index contributed by atoms with van der Waals surface area (Å²) in [5.41, 5.74) is 8.93. The van der Waals surface area contributed by atoms with Crippen LogP contribution in [-0.2, 0) is 9.59 Å². The molecule has 2 amide bonds. The van der Waals surface area contributed by atoms with E-state index in [9.17, 15) is 9.59 Å². The summed E-state index contributed by atoms with van der Waals surface area (Å²) in [4.78, 5) is 25.4. The van der Waals surface area contributed by atoms with Crippen molar-refractivity contribution in [2.75, 3.05) is 19.6 Å². The lowest BCUT2D eigenvalue weighted by Gasteiger charge is -2.27. The molecule has 1 heterocycles. The Hall–Kier alpha value is -1.59. The lowest BCUT2D eigenvalue weighted by Crippen LogP contribution is -2.41. The molecule has 1 unspecified atom stereocenters. The highest BCUT2D eigenvalue weighted by Gasteiger charge is 2.30. The van der Waals surface area contributed by atoms with E-state index >= 15 is 0 Å². The first-order valence-electron chi connectivity index (χ1n) is 7.37. The fourth-order valence-corrected chi connectivity index (χ4v) is 2.87. The lowest BCUT2D eigenvalue weighted by atomic mass is 9.96. The molecule has 2 rings (SSSR count). The topological polar surface area (TPSA) is 75.4 Å². The summed E-state index contributed by atoms with van der Waals surface area (Å²) < 4.78 is 0. The Kier molecular flexibility index (Phi) is 6.84. The minimum Gasteiger partial charge on any atom is -0.346 e. The summed E-state index contributed by atoms with van der Waals surface area (Å²) in [5, 5.41) is 2.55. The first-order chi connectivity index (χ1) is 10.0. The van der Waals surface area contributed by atoms with Crippen molar-refractivity contribution >= 4 is 24.2 Å². The summed E-state index contributed by atoms with van der Waals surface area (Å²) in [6, 6.07) is 6.33. The molecule has 0 saturated carbocycles. The molecule has 1 saturated heterocycles. The molecular weight excluding hydrogens is 302 g/mol. The molecule has 0 aliphatic carbocycles. The summed E-state index contributed by atoms with van der Waals surface area (Å²) in [7, 11) is 0. The van der Waals surface area contributed by atoms with Crippen molar-refractivity contribution in [3.05, 3.63) is 34.9 Å². The summed E-state index contributed by atoms with van der Waals surface area (Å²) >= 11 is 0. The van der Waals surface area contributed by atoms with Crippen LogP contribution in [0.5, 0.6) is 0 Å². The van der Waals surface area contributed by atoms with Gasteiger partial charge in [0.15, 0.2) is 0 Å². The highest BCUT2D eigenvalue weighted by atomic mass is 35.5. The third-order valence-electron chi connectivity index (χ3n) is 4.20. The molecule has 1 fully saturated rings. The van der Waals surface area contributed by atoms with E-state index < -0.39 is 0 Å². The van der Waals surface area contributed by atoms with E-state index in [1.54, 1.807) is 0 Å². The number of carbonyl (C=O) groups excluding carboxylic acids is 2. The fraction of sp³-hybridized carbons (Fsp3) is 0.500. The number of likely N-dealkylation sites (tertiary alicyclic amines) is 1. The zero-order valence-corrected chi connectivity index (χ0v) is 13.9. The summed E-state index contributed by atoms with van der Waals surface area (Å²) in [6.45, 7) is 4.86. The average molecular weight is 326 g/mol. The number of nitrogens with one attached hydrogen (secondary N) is 1. The van der Waals surface area contributed by atoms with Crippen LogP contribution in [0.3, 0.4) is 0 Å². The third-order valence-corrected chi connectivity index (χ3v) is 4.20. The minimum atomic E-state index is -0.300. The highest BCUT2D eigenvalue weighted by Crippen LogP contribution is 2.34. The number of hydrogen-bond acceptors (Lipinski definition) is 3. The summed E-state index contributed by atoms with van der Waals surface area (Å²) in [5.74, 6) is -0.342. The molecule has 6 heteroatoms. The molecule has 5 nitrogen and oxygen atoms in total. The predicted octanol–water partition coefficient (Wildman–Crippen LogP) is 1.46. The standard InChI is InChI=1S/C16H23N3O2.ClH/c1-11-5-3-6-13(12(11)2)14-7-4-8-19(14)16(21)10-18-15(20)9-17;/h3,5-6,14H,4,7-10,17H2,1-2H3,(H,18,20);1H. The van der Waals surface area contributed by atoms with Crippen LogP contribution in [0.2, 0.25) is 0 Å². The quantitative estimate of drug-likeness (QED) is 0.880. The predicted molar refractivity (Wildman–Crippen MR) is 88.9 cm³/mol. The Bertz CT molecular complexity index is 548. The smallest absolute Gasteiger partial charge is 0.242 e. The van der Waals surface area contributed by atoms with Crippen LogP contribution < -0.4 is 11.1 Å². The van der Waals surface area contributed by atoms with Crippen LogP contribution in [0.4, 0.5) is 0 Å². The molecule has 0 radical (unpaired) electrons. The second-order valence-corrected chi connectivity index (χ2v) is 5.52. The Morgan fingerprint density at radius 2 is 2.09 bits per heavy atom. The van der Waals surface area contributed by atoms with E-state index in [-0.39, 0.29) is 43.4 Å². The van der Waals surface area contributed by atoms with Gasteiger partial charge >= 0.3 is 0 Å². The Morgan fingerprint density at radius 1 is 1.36 bits per heavy atom. The molecule has 1 aliphatic heterocycles. The molecule has 1 atom stereocenters. The zero-order chi connectivity index (χ0) is 15.4. The Morgan fingerprint density at radius 3 is 2.77 bits per heavy atom. The monoisotopic (exact) mass is 325 g/mol. The average Bonchev–Trinajstić information content (AvgIpc) is 2.96. The molecule has 22 heavy (non-hydrogen) atoms. The van der Waals surface area contributed by atoms with Crippen molar-refractivity contribution in [3.63, 3.8) is 0 Å². The van der Waals surface area contributed by atoms with Gasteiger partial charge in [-0.3, -0.25) is 9.59 Å². The van der Waals surface area contributed by atoms with E-state index in [2.05, 4.69) is 31.3 Å². The maximum atomic E-state index is 12.3. The highest BCUT2D eigenvalue weighted by molar-refractivity contribution is 5.86. The van der Waals surface area contributed by atoms with E-state index in [4.69, 9.17) is 5.73 Å². The Labute approximate surface area is 137 Å². The number of nitrogens with zero attached hydrogens (tertiary/aromatic N) is 1. The maximum Gasteiger partial charge on any atom is 0.242 e. The van der Waals surface area contributed by atoms with Crippen LogP contribution >= 0.6 is 12.4 Å².